The molecule has 0 atom stereocenters. The lowest BCUT2D eigenvalue weighted by molar-refractivity contribution is 0.148. The first-order valence-corrected chi connectivity index (χ1v) is 13.7. The largest absolute Gasteiger partial charge is 0.325 e. The highest BCUT2D eigenvalue weighted by Crippen LogP contribution is 2.12. The molecule has 0 aromatic heterocycles. The first kappa shape index (κ1) is 29.3. The average molecular weight is 425 g/mol. The predicted molar refractivity (Wildman–Crippen MR) is 134 cm³/mol. The number of carbonyl (C=O) groups is 1. The lowest BCUT2D eigenvalue weighted by Gasteiger charge is -2.31. The Morgan fingerprint density at radius 2 is 0.633 bits per heavy atom. The zero-order valence-electron chi connectivity index (χ0n) is 21.4. The molecule has 2 amide bonds. The minimum atomic E-state index is 0.323. The van der Waals surface area contributed by atoms with E-state index in [2.05, 4.69) is 37.5 Å². The summed E-state index contributed by atoms with van der Waals surface area (Å²) in [5.74, 6) is 0. The number of unbranched alkanes of at least 4 members (excludes halogenated alkanes) is 14. The van der Waals surface area contributed by atoms with Crippen LogP contribution >= 0.6 is 0 Å². The maximum absolute atomic E-state index is 13.4. The summed E-state index contributed by atoms with van der Waals surface area (Å²) in [6.45, 7) is 12.8. The maximum Gasteiger partial charge on any atom is 0.319 e. The van der Waals surface area contributed by atoms with Crippen LogP contribution in [0.2, 0.25) is 0 Å². The van der Waals surface area contributed by atoms with Crippen molar-refractivity contribution < 1.29 is 4.79 Å². The molecule has 0 aliphatic heterocycles. The van der Waals surface area contributed by atoms with E-state index in [1.165, 1.54) is 103 Å². The van der Waals surface area contributed by atoms with E-state index in [0.29, 0.717) is 6.03 Å². The third-order valence-electron chi connectivity index (χ3n) is 6.17. The van der Waals surface area contributed by atoms with Gasteiger partial charge >= 0.3 is 6.03 Å². The highest BCUT2D eigenvalue weighted by molar-refractivity contribution is 5.74. The summed E-state index contributed by atoms with van der Waals surface area (Å²) in [7, 11) is 0. The van der Waals surface area contributed by atoms with Crippen LogP contribution in [0.25, 0.3) is 0 Å². The van der Waals surface area contributed by atoms with Gasteiger partial charge in [-0.15, -0.1) is 0 Å². The first-order chi connectivity index (χ1) is 14.7. The van der Waals surface area contributed by atoms with Crippen LogP contribution in [0.3, 0.4) is 0 Å². The van der Waals surface area contributed by atoms with E-state index in [1.54, 1.807) is 0 Å². The van der Waals surface area contributed by atoms with Crippen molar-refractivity contribution in [3.8, 4) is 0 Å². The lowest BCUT2D eigenvalue weighted by atomic mass is 10.1. The molecule has 0 aromatic carbocycles. The van der Waals surface area contributed by atoms with Gasteiger partial charge < -0.3 is 9.80 Å². The second kappa shape index (κ2) is 22.9. The Kier molecular flexibility index (Phi) is 22.4. The van der Waals surface area contributed by atoms with E-state index in [0.717, 1.165) is 39.0 Å². The molecule has 0 aliphatic rings. The molecule has 0 unspecified atom stereocenters. The third-order valence-corrected chi connectivity index (χ3v) is 6.17. The molecule has 0 aliphatic carbocycles. The van der Waals surface area contributed by atoms with Gasteiger partial charge in [-0.1, -0.05) is 118 Å². The standard InChI is InChI=1S/C27H56N2O/c1-5-9-13-15-17-21-25-28(23-19-11-7-3)27(30)29(24-20-12-8-4)26-22-18-16-14-10-6-2/h5-26H2,1-4H3. The molecule has 0 heterocycles. The van der Waals surface area contributed by atoms with Crippen molar-refractivity contribution in [3.05, 3.63) is 0 Å². The van der Waals surface area contributed by atoms with Crippen LogP contribution in [0.4, 0.5) is 4.79 Å². The summed E-state index contributed by atoms with van der Waals surface area (Å²) >= 11 is 0. The van der Waals surface area contributed by atoms with Gasteiger partial charge in [0.25, 0.3) is 0 Å². The van der Waals surface area contributed by atoms with Gasteiger partial charge in [-0.05, 0) is 25.7 Å². The van der Waals surface area contributed by atoms with E-state index in [4.69, 9.17) is 0 Å². The zero-order chi connectivity index (χ0) is 22.3. The fourth-order valence-electron chi connectivity index (χ4n) is 4.08. The van der Waals surface area contributed by atoms with Crippen molar-refractivity contribution >= 4 is 6.03 Å². The highest BCUT2D eigenvalue weighted by Gasteiger charge is 2.19. The molecule has 0 N–H and O–H groups in total. The van der Waals surface area contributed by atoms with E-state index in [9.17, 15) is 4.79 Å². The molecule has 0 rings (SSSR count). The fraction of sp³-hybridized carbons (Fsp3) is 0.963. The molecule has 0 spiro atoms. The first-order valence-electron chi connectivity index (χ1n) is 13.7. The summed E-state index contributed by atoms with van der Waals surface area (Å²) in [6.07, 6.45) is 22.7. The molecule has 180 valence electrons. The SMILES string of the molecule is CCCCCCCCN(CCCCC)C(=O)N(CCCCC)CCCCCCCC. The van der Waals surface area contributed by atoms with Crippen molar-refractivity contribution in [2.45, 2.75) is 143 Å². The minimum Gasteiger partial charge on any atom is -0.325 e. The second-order valence-corrected chi connectivity index (χ2v) is 9.21. The zero-order valence-corrected chi connectivity index (χ0v) is 21.4. The predicted octanol–water partition coefficient (Wildman–Crippen LogP) is 8.81. The molecule has 0 bridgehead atoms. The Bertz CT molecular complexity index is 327. The molecular formula is C27H56N2O. The number of carbonyl (C=O) groups excluding carboxylic acids is 1. The highest BCUT2D eigenvalue weighted by atomic mass is 16.2. The summed E-state index contributed by atoms with van der Waals surface area (Å²) < 4.78 is 0. The van der Waals surface area contributed by atoms with Gasteiger partial charge in [-0.2, -0.15) is 0 Å². The molecule has 0 radical (unpaired) electrons. The Morgan fingerprint density at radius 3 is 0.967 bits per heavy atom. The minimum absolute atomic E-state index is 0.323. The van der Waals surface area contributed by atoms with E-state index >= 15 is 0 Å². The van der Waals surface area contributed by atoms with Crippen molar-refractivity contribution in [2.75, 3.05) is 26.2 Å². The molecule has 0 aromatic rings. The maximum atomic E-state index is 13.4. The Morgan fingerprint density at radius 1 is 0.400 bits per heavy atom. The smallest absolute Gasteiger partial charge is 0.319 e. The second-order valence-electron chi connectivity index (χ2n) is 9.21. The van der Waals surface area contributed by atoms with Gasteiger partial charge in [0.2, 0.25) is 0 Å². The van der Waals surface area contributed by atoms with Crippen molar-refractivity contribution in [1.29, 1.82) is 0 Å². The van der Waals surface area contributed by atoms with Crippen LogP contribution in [-0.2, 0) is 0 Å². The molecule has 3 heteroatoms. The van der Waals surface area contributed by atoms with Crippen LogP contribution in [0.15, 0.2) is 0 Å². The molecule has 0 saturated carbocycles. The fourth-order valence-corrected chi connectivity index (χ4v) is 4.08. The molecule has 0 saturated heterocycles. The van der Waals surface area contributed by atoms with Gasteiger partial charge in [0.1, 0.15) is 0 Å². The van der Waals surface area contributed by atoms with Crippen molar-refractivity contribution in [1.82, 2.24) is 9.80 Å². The van der Waals surface area contributed by atoms with Crippen molar-refractivity contribution in [2.24, 2.45) is 0 Å². The quantitative estimate of drug-likeness (QED) is 0.159. The van der Waals surface area contributed by atoms with Gasteiger partial charge in [0.15, 0.2) is 0 Å². The Hall–Kier alpha value is -0.730. The molecule has 30 heavy (non-hydrogen) atoms. The number of hydrogen-bond donors (Lipinski definition) is 0. The van der Waals surface area contributed by atoms with Crippen molar-refractivity contribution in [3.63, 3.8) is 0 Å². The number of urea groups is 1. The van der Waals surface area contributed by atoms with Crippen LogP contribution < -0.4 is 0 Å². The number of rotatable bonds is 22. The summed E-state index contributed by atoms with van der Waals surface area (Å²) in [5.41, 5.74) is 0. The molecule has 3 nitrogen and oxygen atoms in total. The lowest BCUT2D eigenvalue weighted by Crippen LogP contribution is -2.45. The normalized spacial score (nSPS) is 11.1. The summed E-state index contributed by atoms with van der Waals surface area (Å²) in [4.78, 5) is 17.8. The number of amides is 2. The monoisotopic (exact) mass is 424 g/mol. The van der Waals surface area contributed by atoms with Crippen LogP contribution in [-0.4, -0.2) is 42.0 Å². The van der Waals surface area contributed by atoms with Gasteiger partial charge in [0.05, 0.1) is 0 Å². The number of hydrogen-bond acceptors (Lipinski definition) is 1. The van der Waals surface area contributed by atoms with Crippen LogP contribution in [0.5, 0.6) is 0 Å². The number of nitrogens with zero attached hydrogens (tertiary/aromatic N) is 2. The van der Waals surface area contributed by atoms with Gasteiger partial charge in [-0.25, -0.2) is 4.79 Å². The van der Waals surface area contributed by atoms with Gasteiger partial charge in [-0.3, -0.25) is 0 Å². The summed E-state index contributed by atoms with van der Waals surface area (Å²) in [6, 6.07) is 0.323. The van der Waals surface area contributed by atoms with Crippen LogP contribution in [0, 0.1) is 0 Å². The Balaban J connectivity index is 4.63. The summed E-state index contributed by atoms with van der Waals surface area (Å²) in [5, 5.41) is 0. The average Bonchev–Trinajstić information content (AvgIpc) is 2.75. The van der Waals surface area contributed by atoms with E-state index in [1.807, 2.05) is 0 Å². The topological polar surface area (TPSA) is 23.6 Å². The van der Waals surface area contributed by atoms with Crippen LogP contribution in [0.1, 0.15) is 143 Å². The van der Waals surface area contributed by atoms with Gasteiger partial charge in [0, 0.05) is 26.2 Å². The van der Waals surface area contributed by atoms with E-state index < -0.39 is 0 Å². The molecular weight excluding hydrogens is 368 g/mol. The molecule has 0 fully saturated rings. The Labute approximate surface area is 190 Å². The third kappa shape index (κ3) is 17.0. The van der Waals surface area contributed by atoms with E-state index in [-0.39, 0.29) is 0 Å².